The maximum atomic E-state index is 12.2. The molecule has 0 spiro atoms. The van der Waals surface area contributed by atoms with Crippen LogP contribution in [0.25, 0.3) is 0 Å². The van der Waals surface area contributed by atoms with Crippen molar-refractivity contribution in [2.45, 2.75) is 13.5 Å². The summed E-state index contributed by atoms with van der Waals surface area (Å²) in [6.07, 6.45) is 3.50. The van der Waals surface area contributed by atoms with Crippen molar-refractivity contribution in [3.63, 3.8) is 0 Å². The van der Waals surface area contributed by atoms with Crippen LogP contribution in [-0.4, -0.2) is 22.8 Å². The third-order valence-corrected chi connectivity index (χ3v) is 2.79. The molecule has 0 radical (unpaired) electrons. The van der Waals surface area contributed by atoms with Gasteiger partial charge >= 0.3 is 0 Å². The fourth-order valence-corrected chi connectivity index (χ4v) is 1.75. The summed E-state index contributed by atoms with van der Waals surface area (Å²) in [5, 5.41) is 0. The molecule has 0 unspecified atom stereocenters. The van der Waals surface area contributed by atoms with E-state index in [0.29, 0.717) is 12.1 Å². The summed E-state index contributed by atoms with van der Waals surface area (Å²) in [6, 6.07) is 11.5. The van der Waals surface area contributed by atoms with E-state index in [1.807, 2.05) is 43.3 Å². The van der Waals surface area contributed by atoms with Gasteiger partial charge in [0.15, 0.2) is 0 Å². The normalized spacial score (nSPS) is 10.1. The Balaban J connectivity index is 2.07. The summed E-state index contributed by atoms with van der Waals surface area (Å²) >= 11 is 0. The van der Waals surface area contributed by atoms with E-state index >= 15 is 0 Å². The second-order valence-corrected chi connectivity index (χ2v) is 4.39. The molecule has 0 saturated carbocycles. The van der Waals surface area contributed by atoms with Crippen molar-refractivity contribution < 1.29 is 4.79 Å². The fraction of sp³-hybridized carbons (Fsp3) is 0.200. The Hall–Kier alpha value is -2.16. The Morgan fingerprint density at radius 1 is 1.22 bits per heavy atom. The summed E-state index contributed by atoms with van der Waals surface area (Å²) < 4.78 is 0. The number of aromatic nitrogens is 1. The van der Waals surface area contributed by atoms with Crippen molar-refractivity contribution in [1.29, 1.82) is 0 Å². The molecule has 0 aliphatic rings. The molecule has 0 fully saturated rings. The zero-order valence-corrected chi connectivity index (χ0v) is 10.6. The minimum atomic E-state index is 0.0267. The van der Waals surface area contributed by atoms with Crippen molar-refractivity contribution in [2.75, 3.05) is 7.05 Å². The predicted octanol–water partition coefficient (Wildman–Crippen LogP) is 2.66. The minimum absolute atomic E-state index is 0.0267. The van der Waals surface area contributed by atoms with Crippen LogP contribution in [0.3, 0.4) is 0 Å². The maximum absolute atomic E-state index is 12.2. The summed E-state index contributed by atoms with van der Waals surface area (Å²) in [5.41, 5.74) is 2.90. The van der Waals surface area contributed by atoms with Gasteiger partial charge in [-0.3, -0.25) is 9.78 Å². The lowest BCUT2D eigenvalue weighted by Gasteiger charge is -2.17. The largest absolute Gasteiger partial charge is 0.337 e. The summed E-state index contributed by atoms with van der Waals surface area (Å²) in [4.78, 5) is 17.9. The average Bonchev–Trinajstić information content (AvgIpc) is 2.40. The second kappa shape index (κ2) is 5.45. The van der Waals surface area contributed by atoms with Crippen molar-refractivity contribution in [2.24, 2.45) is 0 Å². The van der Waals surface area contributed by atoms with Crippen LogP contribution < -0.4 is 0 Å². The lowest BCUT2D eigenvalue weighted by Crippen LogP contribution is -2.26. The highest BCUT2D eigenvalue weighted by Gasteiger charge is 2.11. The van der Waals surface area contributed by atoms with Crippen molar-refractivity contribution in [1.82, 2.24) is 9.88 Å². The maximum Gasteiger partial charge on any atom is 0.253 e. The number of rotatable bonds is 3. The molecule has 3 nitrogen and oxygen atoms in total. The van der Waals surface area contributed by atoms with Crippen molar-refractivity contribution in [3.8, 4) is 0 Å². The molecule has 0 saturated heterocycles. The van der Waals surface area contributed by atoms with E-state index in [1.165, 1.54) is 0 Å². The number of hydrogen-bond acceptors (Lipinski definition) is 2. The standard InChI is InChI=1S/C15H16N2O/c1-12-5-7-14(8-6-12)15(18)17(2)11-13-4-3-9-16-10-13/h3-10H,11H2,1-2H3. The van der Waals surface area contributed by atoms with Gasteiger partial charge in [-0.25, -0.2) is 0 Å². The van der Waals surface area contributed by atoms with Crippen molar-refractivity contribution >= 4 is 5.91 Å². The SMILES string of the molecule is Cc1ccc(C(=O)N(C)Cc2cccnc2)cc1. The Labute approximate surface area is 107 Å². The number of pyridine rings is 1. The van der Waals surface area contributed by atoms with E-state index in [2.05, 4.69) is 4.98 Å². The molecule has 0 aliphatic heterocycles. The van der Waals surface area contributed by atoms with Gasteiger partial charge in [-0.1, -0.05) is 23.8 Å². The lowest BCUT2D eigenvalue weighted by molar-refractivity contribution is 0.0785. The Morgan fingerprint density at radius 3 is 2.56 bits per heavy atom. The van der Waals surface area contributed by atoms with Gasteiger partial charge in [-0.05, 0) is 30.7 Å². The van der Waals surface area contributed by atoms with Crippen LogP contribution in [-0.2, 0) is 6.54 Å². The predicted molar refractivity (Wildman–Crippen MR) is 71.2 cm³/mol. The van der Waals surface area contributed by atoms with Gasteiger partial charge in [-0.15, -0.1) is 0 Å². The van der Waals surface area contributed by atoms with Crippen LogP contribution >= 0.6 is 0 Å². The smallest absolute Gasteiger partial charge is 0.253 e. The number of benzene rings is 1. The van der Waals surface area contributed by atoms with Crippen LogP contribution in [0.2, 0.25) is 0 Å². The molecule has 2 aromatic rings. The average molecular weight is 240 g/mol. The van der Waals surface area contributed by atoms with E-state index < -0.39 is 0 Å². The summed E-state index contributed by atoms with van der Waals surface area (Å²) in [7, 11) is 1.80. The van der Waals surface area contributed by atoms with E-state index in [-0.39, 0.29) is 5.91 Å². The van der Waals surface area contributed by atoms with Gasteiger partial charge in [-0.2, -0.15) is 0 Å². The molecule has 92 valence electrons. The highest BCUT2D eigenvalue weighted by molar-refractivity contribution is 5.94. The molecule has 0 atom stereocenters. The number of hydrogen-bond donors (Lipinski definition) is 0. The molecular formula is C15H16N2O. The monoisotopic (exact) mass is 240 g/mol. The Morgan fingerprint density at radius 2 is 1.94 bits per heavy atom. The molecule has 0 aliphatic carbocycles. The molecule has 1 aromatic carbocycles. The number of amides is 1. The van der Waals surface area contributed by atoms with E-state index in [1.54, 1.807) is 24.3 Å². The molecule has 1 amide bonds. The molecule has 2 rings (SSSR count). The minimum Gasteiger partial charge on any atom is -0.337 e. The molecular weight excluding hydrogens is 224 g/mol. The topological polar surface area (TPSA) is 33.2 Å². The van der Waals surface area contributed by atoms with Crippen LogP contribution in [0.15, 0.2) is 48.8 Å². The zero-order chi connectivity index (χ0) is 13.0. The van der Waals surface area contributed by atoms with Crippen LogP contribution in [0.4, 0.5) is 0 Å². The van der Waals surface area contributed by atoms with E-state index in [4.69, 9.17) is 0 Å². The molecule has 1 heterocycles. The molecule has 1 aromatic heterocycles. The quantitative estimate of drug-likeness (QED) is 0.826. The first kappa shape index (κ1) is 12.3. The summed E-state index contributed by atoms with van der Waals surface area (Å²) in [6.45, 7) is 2.58. The molecule has 3 heteroatoms. The number of aryl methyl sites for hydroxylation is 1. The van der Waals surface area contributed by atoms with Gasteiger partial charge in [0.2, 0.25) is 0 Å². The Kier molecular flexibility index (Phi) is 3.72. The highest BCUT2D eigenvalue weighted by Crippen LogP contribution is 2.08. The van der Waals surface area contributed by atoms with Gasteiger partial charge < -0.3 is 4.90 Å². The molecule has 0 bridgehead atoms. The van der Waals surface area contributed by atoms with E-state index in [0.717, 1.165) is 11.1 Å². The van der Waals surface area contributed by atoms with Gasteiger partial charge in [0.05, 0.1) is 0 Å². The molecule has 0 N–H and O–H groups in total. The number of carbonyl (C=O) groups is 1. The Bertz CT molecular complexity index is 520. The van der Waals surface area contributed by atoms with Crippen molar-refractivity contribution in [3.05, 3.63) is 65.5 Å². The van der Waals surface area contributed by atoms with Gasteiger partial charge in [0, 0.05) is 31.5 Å². The van der Waals surface area contributed by atoms with Crippen LogP contribution in [0.5, 0.6) is 0 Å². The first-order valence-electron chi connectivity index (χ1n) is 5.88. The van der Waals surface area contributed by atoms with Crippen LogP contribution in [0.1, 0.15) is 21.5 Å². The van der Waals surface area contributed by atoms with Gasteiger partial charge in [0.1, 0.15) is 0 Å². The second-order valence-electron chi connectivity index (χ2n) is 4.39. The summed E-state index contributed by atoms with van der Waals surface area (Å²) in [5.74, 6) is 0.0267. The first-order chi connectivity index (χ1) is 8.66. The fourth-order valence-electron chi connectivity index (χ4n) is 1.75. The third kappa shape index (κ3) is 2.94. The highest BCUT2D eigenvalue weighted by atomic mass is 16.2. The van der Waals surface area contributed by atoms with E-state index in [9.17, 15) is 4.79 Å². The molecule has 18 heavy (non-hydrogen) atoms. The number of carbonyl (C=O) groups excluding carboxylic acids is 1. The van der Waals surface area contributed by atoms with Crippen LogP contribution in [0, 0.1) is 6.92 Å². The number of nitrogens with zero attached hydrogens (tertiary/aromatic N) is 2. The first-order valence-corrected chi connectivity index (χ1v) is 5.88. The zero-order valence-electron chi connectivity index (χ0n) is 10.6. The lowest BCUT2D eigenvalue weighted by atomic mass is 10.1. The third-order valence-electron chi connectivity index (χ3n) is 2.79. The van der Waals surface area contributed by atoms with Gasteiger partial charge in [0.25, 0.3) is 5.91 Å².